The molecule has 2 aromatic heterocycles. The predicted octanol–water partition coefficient (Wildman–Crippen LogP) is 2.90. The van der Waals surface area contributed by atoms with Crippen LogP contribution in [0.1, 0.15) is 19.6 Å². The number of furan rings is 1. The van der Waals surface area contributed by atoms with Crippen LogP contribution in [0, 0.1) is 5.92 Å². The molecule has 146 valence electrons. The number of hydrogen-bond acceptors (Lipinski definition) is 6. The Morgan fingerprint density at radius 1 is 1.18 bits per heavy atom. The highest BCUT2D eigenvalue weighted by atomic mass is 32.2. The Morgan fingerprint density at radius 3 is 2.54 bits per heavy atom. The minimum atomic E-state index is -0.877. The van der Waals surface area contributed by atoms with E-state index in [2.05, 4.69) is 15.5 Å². The van der Waals surface area contributed by atoms with Gasteiger partial charge in [-0.05, 0) is 18.1 Å². The molecule has 0 bridgehead atoms. The van der Waals surface area contributed by atoms with Gasteiger partial charge in [0.1, 0.15) is 5.76 Å². The number of carbonyl (C=O) groups is 2. The second kappa shape index (κ2) is 8.75. The number of rotatable bonds is 7. The van der Waals surface area contributed by atoms with Crippen LogP contribution in [-0.4, -0.2) is 32.0 Å². The summed E-state index contributed by atoms with van der Waals surface area (Å²) in [6.45, 7) is 4.20. The fourth-order valence-corrected chi connectivity index (χ4v) is 3.71. The van der Waals surface area contributed by atoms with Gasteiger partial charge in [0, 0.05) is 5.56 Å². The van der Waals surface area contributed by atoms with E-state index in [1.807, 2.05) is 60.9 Å². The number of primary amides is 1. The second-order valence-electron chi connectivity index (χ2n) is 6.47. The smallest absolute Gasteiger partial charge is 0.318 e. The van der Waals surface area contributed by atoms with Crippen molar-refractivity contribution in [1.29, 1.82) is 0 Å². The molecule has 3 aromatic rings. The maximum atomic E-state index is 12.4. The molecule has 0 fully saturated rings. The third kappa shape index (κ3) is 4.61. The number of hydrogen-bond donors (Lipinski definition) is 2. The maximum Gasteiger partial charge on any atom is 0.318 e. The van der Waals surface area contributed by atoms with Gasteiger partial charge in [0.2, 0.25) is 5.91 Å². The molecule has 3 amide bonds. The molecule has 1 unspecified atom stereocenters. The number of imide groups is 1. The Balaban J connectivity index is 1.96. The second-order valence-corrected chi connectivity index (χ2v) is 7.58. The number of aromatic nitrogens is 3. The average Bonchev–Trinajstić information content (AvgIpc) is 3.30. The number of carbonyl (C=O) groups excluding carboxylic acids is 2. The van der Waals surface area contributed by atoms with Crippen molar-refractivity contribution in [2.45, 2.75) is 30.8 Å². The van der Waals surface area contributed by atoms with Crippen LogP contribution in [0.5, 0.6) is 0 Å². The first-order valence-corrected chi connectivity index (χ1v) is 9.61. The van der Waals surface area contributed by atoms with Crippen LogP contribution >= 0.6 is 11.8 Å². The van der Waals surface area contributed by atoms with Crippen LogP contribution in [0.2, 0.25) is 0 Å². The topological polar surface area (TPSA) is 116 Å². The lowest BCUT2D eigenvalue weighted by Gasteiger charge is -2.18. The monoisotopic (exact) mass is 399 g/mol. The standard InChI is InChI=1S/C19H21N5O3S/c1-12(2)15(17(25)21-18(20)26)28-19-23-22-16(13-7-4-3-5-8-13)24(19)11-14-9-6-10-27-14/h3-10,12,15H,11H2,1-2H3,(H3,20,21,25,26). The molecule has 0 spiro atoms. The molecule has 0 aliphatic heterocycles. The van der Waals surface area contributed by atoms with Crippen molar-refractivity contribution in [3.63, 3.8) is 0 Å². The van der Waals surface area contributed by atoms with Gasteiger partial charge in [0.15, 0.2) is 11.0 Å². The van der Waals surface area contributed by atoms with Crippen molar-refractivity contribution in [2.75, 3.05) is 0 Å². The summed E-state index contributed by atoms with van der Waals surface area (Å²) in [6, 6.07) is 12.5. The van der Waals surface area contributed by atoms with Gasteiger partial charge in [0.25, 0.3) is 0 Å². The minimum absolute atomic E-state index is 0.0571. The molecule has 8 nitrogen and oxygen atoms in total. The zero-order valence-corrected chi connectivity index (χ0v) is 16.3. The van der Waals surface area contributed by atoms with Gasteiger partial charge in [-0.2, -0.15) is 0 Å². The number of nitrogens with two attached hydrogens (primary N) is 1. The molecule has 0 aliphatic carbocycles. The van der Waals surface area contributed by atoms with E-state index >= 15 is 0 Å². The Morgan fingerprint density at radius 2 is 1.93 bits per heavy atom. The summed E-state index contributed by atoms with van der Waals surface area (Å²) >= 11 is 1.24. The summed E-state index contributed by atoms with van der Waals surface area (Å²) in [7, 11) is 0. The predicted molar refractivity (Wildman–Crippen MR) is 105 cm³/mol. The summed E-state index contributed by atoms with van der Waals surface area (Å²) in [6.07, 6.45) is 1.60. The number of amides is 3. The van der Waals surface area contributed by atoms with Crippen LogP contribution in [0.4, 0.5) is 4.79 Å². The van der Waals surface area contributed by atoms with Crippen molar-refractivity contribution in [1.82, 2.24) is 20.1 Å². The Hall–Kier alpha value is -3.07. The lowest BCUT2D eigenvalue weighted by Crippen LogP contribution is -2.42. The van der Waals surface area contributed by atoms with Crippen molar-refractivity contribution in [3.05, 3.63) is 54.5 Å². The summed E-state index contributed by atoms with van der Waals surface area (Å²) in [4.78, 5) is 23.5. The highest BCUT2D eigenvalue weighted by Crippen LogP contribution is 2.31. The van der Waals surface area contributed by atoms with E-state index < -0.39 is 17.2 Å². The van der Waals surface area contributed by atoms with Crippen LogP contribution in [-0.2, 0) is 11.3 Å². The average molecular weight is 399 g/mol. The summed E-state index contributed by atoms with van der Waals surface area (Å²) in [5.74, 6) is 0.887. The molecule has 0 aliphatic rings. The highest BCUT2D eigenvalue weighted by molar-refractivity contribution is 8.00. The zero-order valence-electron chi connectivity index (χ0n) is 15.5. The first-order chi connectivity index (χ1) is 13.5. The van der Waals surface area contributed by atoms with Crippen molar-refractivity contribution >= 4 is 23.7 Å². The number of nitrogens with zero attached hydrogens (tertiary/aromatic N) is 3. The number of benzene rings is 1. The van der Waals surface area contributed by atoms with Gasteiger partial charge in [-0.1, -0.05) is 55.9 Å². The first-order valence-electron chi connectivity index (χ1n) is 8.73. The van der Waals surface area contributed by atoms with Crippen LogP contribution in [0.3, 0.4) is 0 Å². The van der Waals surface area contributed by atoms with E-state index in [1.165, 1.54) is 11.8 Å². The highest BCUT2D eigenvalue weighted by Gasteiger charge is 2.28. The third-order valence-corrected chi connectivity index (χ3v) is 5.51. The van der Waals surface area contributed by atoms with Crippen LogP contribution < -0.4 is 11.1 Å². The lowest BCUT2D eigenvalue weighted by atomic mass is 10.1. The van der Waals surface area contributed by atoms with Gasteiger partial charge < -0.3 is 10.2 Å². The largest absolute Gasteiger partial charge is 0.467 e. The quantitative estimate of drug-likeness (QED) is 0.590. The van der Waals surface area contributed by atoms with Crippen LogP contribution in [0.15, 0.2) is 58.3 Å². The summed E-state index contributed by atoms with van der Waals surface area (Å²) in [5, 5.41) is 10.8. The Labute approximate surface area is 166 Å². The first kappa shape index (κ1) is 19.7. The molecular weight excluding hydrogens is 378 g/mol. The van der Waals surface area contributed by atoms with Gasteiger partial charge in [-0.15, -0.1) is 10.2 Å². The van der Waals surface area contributed by atoms with Crippen LogP contribution in [0.25, 0.3) is 11.4 Å². The van der Waals surface area contributed by atoms with E-state index in [0.717, 1.165) is 11.3 Å². The van der Waals surface area contributed by atoms with Gasteiger partial charge >= 0.3 is 6.03 Å². The van der Waals surface area contributed by atoms with E-state index in [9.17, 15) is 9.59 Å². The number of thioether (sulfide) groups is 1. The molecular formula is C19H21N5O3S. The van der Waals surface area contributed by atoms with Gasteiger partial charge in [-0.25, -0.2) is 4.79 Å². The van der Waals surface area contributed by atoms with Gasteiger partial charge in [0.05, 0.1) is 18.1 Å². The molecule has 1 aromatic carbocycles. The molecule has 0 radical (unpaired) electrons. The minimum Gasteiger partial charge on any atom is -0.467 e. The molecule has 2 heterocycles. The fraction of sp³-hybridized carbons (Fsp3) is 0.263. The zero-order chi connectivity index (χ0) is 20.1. The SMILES string of the molecule is CC(C)C(Sc1nnc(-c2ccccc2)n1Cc1ccco1)C(=O)NC(N)=O. The summed E-state index contributed by atoms with van der Waals surface area (Å²) < 4.78 is 7.37. The van der Waals surface area contributed by atoms with Gasteiger partial charge in [-0.3, -0.25) is 14.7 Å². The number of nitrogens with one attached hydrogen (secondary N) is 1. The molecule has 1 atom stereocenters. The number of urea groups is 1. The molecule has 3 N–H and O–H groups in total. The van der Waals surface area contributed by atoms with E-state index in [-0.39, 0.29) is 5.92 Å². The van der Waals surface area contributed by atoms with E-state index in [4.69, 9.17) is 10.2 Å². The van der Waals surface area contributed by atoms with Crippen molar-refractivity contribution < 1.29 is 14.0 Å². The molecule has 0 saturated carbocycles. The molecule has 3 rings (SSSR count). The van der Waals surface area contributed by atoms with Crippen molar-refractivity contribution in [2.24, 2.45) is 11.7 Å². The molecule has 28 heavy (non-hydrogen) atoms. The fourth-order valence-electron chi connectivity index (χ4n) is 2.68. The lowest BCUT2D eigenvalue weighted by molar-refractivity contribution is -0.120. The maximum absolute atomic E-state index is 12.4. The van der Waals surface area contributed by atoms with E-state index in [0.29, 0.717) is 17.5 Å². The molecule has 0 saturated heterocycles. The Kier molecular flexibility index (Phi) is 6.15. The Bertz CT molecular complexity index is 938. The normalized spacial score (nSPS) is 12.1. The summed E-state index contributed by atoms with van der Waals surface area (Å²) in [5.41, 5.74) is 6.00. The van der Waals surface area contributed by atoms with E-state index in [1.54, 1.807) is 6.26 Å². The van der Waals surface area contributed by atoms with Crippen molar-refractivity contribution in [3.8, 4) is 11.4 Å². The third-order valence-electron chi connectivity index (χ3n) is 3.99. The molecule has 9 heteroatoms.